The fraction of sp³-hybridized carbons (Fsp3) is 0.500. The molecule has 1 aliphatic rings. The Bertz CT molecular complexity index is 317. The highest BCUT2D eigenvalue weighted by Gasteiger charge is 2.32. The number of halogens is 2. The molecule has 0 spiro atoms. The molecular weight excluding hydrogens is 259 g/mol. The summed E-state index contributed by atoms with van der Waals surface area (Å²) in [5.74, 6) is 0. The molecule has 2 rings (SSSR count). The normalized spacial score (nSPS) is 26.5. The average Bonchev–Trinajstić information content (AvgIpc) is 2.22. The molecule has 1 nitrogen and oxygen atoms in total. The lowest BCUT2D eigenvalue weighted by molar-refractivity contribution is -0.0308. The first-order chi connectivity index (χ1) is 7.18. The Morgan fingerprint density at radius 2 is 2.07 bits per heavy atom. The molecule has 0 saturated carbocycles. The molecular formula is C12H14BrFO. The van der Waals surface area contributed by atoms with Gasteiger partial charge in [-0.15, -0.1) is 0 Å². The highest BCUT2D eigenvalue weighted by molar-refractivity contribution is 9.10. The van der Waals surface area contributed by atoms with E-state index in [1.54, 1.807) is 0 Å². The van der Waals surface area contributed by atoms with Crippen molar-refractivity contribution in [1.29, 1.82) is 0 Å². The zero-order valence-electron chi connectivity index (χ0n) is 8.51. The Kier molecular flexibility index (Phi) is 3.42. The van der Waals surface area contributed by atoms with Crippen molar-refractivity contribution in [2.75, 3.05) is 13.2 Å². The van der Waals surface area contributed by atoms with Gasteiger partial charge in [-0.25, -0.2) is 4.39 Å². The Labute approximate surface area is 97.8 Å². The molecule has 1 unspecified atom stereocenters. The molecule has 1 fully saturated rings. The maximum atomic E-state index is 14.2. The van der Waals surface area contributed by atoms with Crippen LogP contribution >= 0.6 is 15.9 Å². The van der Waals surface area contributed by atoms with Crippen molar-refractivity contribution in [3.05, 3.63) is 34.3 Å². The Balaban J connectivity index is 2.03. The van der Waals surface area contributed by atoms with E-state index in [0.717, 1.165) is 16.5 Å². The van der Waals surface area contributed by atoms with Crippen LogP contribution < -0.4 is 0 Å². The standard InChI is InChI=1S/C12H14BrFO/c13-11-4-2-10(3-5-11)8-12(14)6-1-7-15-9-12/h2-5H,1,6-9H2. The summed E-state index contributed by atoms with van der Waals surface area (Å²) in [6.45, 7) is 0.940. The van der Waals surface area contributed by atoms with Crippen LogP contribution in [0.5, 0.6) is 0 Å². The molecule has 3 heteroatoms. The summed E-state index contributed by atoms with van der Waals surface area (Å²) in [5, 5.41) is 0. The van der Waals surface area contributed by atoms with Gasteiger partial charge in [0.25, 0.3) is 0 Å². The van der Waals surface area contributed by atoms with Crippen molar-refractivity contribution in [2.24, 2.45) is 0 Å². The minimum Gasteiger partial charge on any atom is -0.378 e. The molecule has 0 aromatic heterocycles. The summed E-state index contributed by atoms with van der Waals surface area (Å²) in [4.78, 5) is 0. The SMILES string of the molecule is FC1(Cc2ccc(Br)cc2)CCCOC1. The first-order valence-electron chi connectivity index (χ1n) is 5.19. The predicted molar refractivity (Wildman–Crippen MR) is 61.7 cm³/mol. The maximum absolute atomic E-state index is 14.2. The summed E-state index contributed by atoms with van der Waals surface area (Å²) in [6, 6.07) is 7.81. The monoisotopic (exact) mass is 272 g/mol. The number of hydrogen-bond acceptors (Lipinski definition) is 1. The highest BCUT2D eigenvalue weighted by Crippen LogP contribution is 2.28. The van der Waals surface area contributed by atoms with Crippen molar-refractivity contribution in [3.63, 3.8) is 0 Å². The van der Waals surface area contributed by atoms with Gasteiger partial charge in [0.1, 0.15) is 5.67 Å². The molecule has 1 aromatic rings. The van der Waals surface area contributed by atoms with Crippen molar-refractivity contribution < 1.29 is 9.13 Å². The van der Waals surface area contributed by atoms with Gasteiger partial charge >= 0.3 is 0 Å². The van der Waals surface area contributed by atoms with E-state index in [0.29, 0.717) is 19.4 Å². The van der Waals surface area contributed by atoms with Crippen LogP contribution in [0.15, 0.2) is 28.7 Å². The number of ether oxygens (including phenoxy) is 1. The smallest absolute Gasteiger partial charge is 0.138 e. The fourth-order valence-corrected chi connectivity index (χ4v) is 2.19. The lowest BCUT2D eigenvalue weighted by Gasteiger charge is -2.29. The summed E-state index contributed by atoms with van der Waals surface area (Å²) >= 11 is 3.37. The van der Waals surface area contributed by atoms with Crippen LogP contribution in [0.2, 0.25) is 0 Å². The number of hydrogen-bond donors (Lipinski definition) is 0. The third-order valence-electron chi connectivity index (χ3n) is 2.71. The first kappa shape index (κ1) is 11.1. The van der Waals surface area contributed by atoms with Crippen LogP contribution in [0.4, 0.5) is 4.39 Å². The maximum Gasteiger partial charge on any atom is 0.138 e. The van der Waals surface area contributed by atoms with Crippen LogP contribution in [0.3, 0.4) is 0 Å². The van der Waals surface area contributed by atoms with Gasteiger partial charge in [-0.05, 0) is 30.5 Å². The summed E-state index contributed by atoms with van der Waals surface area (Å²) in [5.41, 5.74) is -0.127. The molecule has 0 N–H and O–H groups in total. The molecule has 0 radical (unpaired) electrons. The van der Waals surface area contributed by atoms with Crippen molar-refractivity contribution in [1.82, 2.24) is 0 Å². The van der Waals surface area contributed by atoms with Crippen LogP contribution in [0, 0.1) is 0 Å². The molecule has 0 amide bonds. The average molecular weight is 273 g/mol. The minimum absolute atomic E-state index is 0.239. The molecule has 0 bridgehead atoms. The van der Waals surface area contributed by atoms with Gasteiger partial charge in [0.2, 0.25) is 0 Å². The van der Waals surface area contributed by atoms with Gasteiger partial charge in [0.05, 0.1) is 6.61 Å². The topological polar surface area (TPSA) is 9.23 Å². The van der Waals surface area contributed by atoms with E-state index in [9.17, 15) is 4.39 Å². The summed E-state index contributed by atoms with van der Waals surface area (Å²) in [6.07, 6.45) is 1.90. The van der Waals surface area contributed by atoms with Gasteiger partial charge in [-0.1, -0.05) is 28.1 Å². The van der Waals surface area contributed by atoms with E-state index >= 15 is 0 Å². The van der Waals surface area contributed by atoms with Gasteiger partial charge in [0.15, 0.2) is 0 Å². The Morgan fingerprint density at radius 1 is 1.33 bits per heavy atom. The molecule has 1 saturated heterocycles. The second-order valence-corrected chi connectivity index (χ2v) is 5.03. The van der Waals surface area contributed by atoms with E-state index in [4.69, 9.17) is 4.74 Å². The predicted octanol–water partition coefficient (Wildman–Crippen LogP) is 3.51. The minimum atomic E-state index is -1.16. The van der Waals surface area contributed by atoms with E-state index in [2.05, 4.69) is 15.9 Å². The summed E-state index contributed by atoms with van der Waals surface area (Å²) in [7, 11) is 0. The van der Waals surface area contributed by atoms with Crippen LogP contribution in [-0.2, 0) is 11.2 Å². The van der Waals surface area contributed by atoms with E-state index in [-0.39, 0.29) is 6.61 Å². The van der Waals surface area contributed by atoms with Gasteiger partial charge < -0.3 is 4.74 Å². The molecule has 0 aliphatic carbocycles. The van der Waals surface area contributed by atoms with Crippen molar-refractivity contribution in [3.8, 4) is 0 Å². The molecule has 1 aromatic carbocycles. The van der Waals surface area contributed by atoms with Gasteiger partial charge in [-0.3, -0.25) is 0 Å². The van der Waals surface area contributed by atoms with Crippen molar-refractivity contribution in [2.45, 2.75) is 24.9 Å². The van der Waals surface area contributed by atoms with Gasteiger partial charge in [-0.2, -0.15) is 0 Å². The first-order valence-corrected chi connectivity index (χ1v) is 5.98. The van der Waals surface area contributed by atoms with E-state index in [1.165, 1.54) is 0 Å². The molecule has 1 heterocycles. The second kappa shape index (κ2) is 4.62. The fourth-order valence-electron chi connectivity index (χ4n) is 1.93. The van der Waals surface area contributed by atoms with Crippen molar-refractivity contribution >= 4 is 15.9 Å². The number of rotatable bonds is 2. The Morgan fingerprint density at radius 3 is 2.67 bits per heavy atom. The molecule has 15 heavy (non-hydrogen) atoms. The van der Waals surface area contributed by atoms with E-state index in [1.807, 2.05) is 24.3 Å². The zero-order chi connectivity index (χ0) is 10.7. The molecule has 1 aliphatic heterocycles. The third kappa shape index (κ3) is 3.02. The summed E-state index contributed by atoms with van der Waals surface area (Å²) < 4.78 is 20.4. The lowest BCUT2D eigenvalue weighted by atomic mass is 9.91. The third-order valence-corrected chi connectivity index (χ3v) is 3.24. The van der Waals surface area contributed by atoms with E-state index < -0.39 is 5.67 Å². The quantitative estimate of drug-likeness (QED) is 0.801. The number of alkyl halides is 1. The number of benzene rings is 1. The van der Waals surface area contributed by atoms with Gasteiger partial charge in [0, 0.05) is 17.5 Å². The lowest BCUT2D eigenvalue weighted by Crippen LogP contribution is -2.36. The Hall–Kier alpha value is -0.410. The second-order valence-electron chi connectivity index (χ2n) is 4.11. The van der Waals surface area contributed by atoms with Crippen LogP contribution in [-0.4, -0.2) is 18.9 Å². The van der Waals surface area contributed by atoms with Crippen LogP contribution in [0.1, 0.15) is 18.4 Å². The van der Waals surface area contributed by atoms with Crippen LogP contribution in [0.25, 0.3) is 0 Å². The zero-order valence-corrected chi connectivity index (χ0v) is 10.1. The molecule has 82 valence electrons. The highest BCUT2D eigenvalue weighted by atomic mass is 79.9. The largest absolute Gasteiger partial charge is 0.378 e. The molecule has 1 atom stereocenters.